The zero-order valence-electron chi connectivity index (χ0n) is 11.1. The summed E-state index contributed by atoms with van der Waals surface area (Å²) < 4.78 is 13.2. The first-order valence-electron chi connectivity index (χ1n) is 7.02. The van der Waals surface area contributed by atoms with Crippen molar-refractivity contribution in [1.29, 1.82) is 0 Å². The third-order valence-corrected chi connectivity index (χ3v) is 4.01. The van der Waals surface area contributed by atoms with Crippen LogP contribution in [-0.2, 0) is 0 Å². The molecule has 0 amide bonds. The van der Waals surface area contributed by atoms with Gasteiger partial charge in [-0.3, -0.25) is 0 Å². The quantitative estimate of drug-likeness (QED) is 0.787. The summed E-state index contributed by atoms with van der Waals surface area (Å²) in [5.74, 6) is 0.469. The van der Waals surface area contributed by atoms with Gasteiger partial charge < -0.3 is 11.1 Å². The van der Waals surface area contributed by atoms with Crippen LogP contribution in [0.15, 0.2) is 18.2 Å². The molecule has 1 fully saturated rings. The summed E-state index contributed by atoms with van der Waals surface area (Å²) in [5.41, 5.74) is 7.27. The molecular weight excluding hydrogens is 227 g/mol. The molecule has 3 N–H and O–H groups in total. The van der Waals surface area contributed by atoms with Gasteiger partial charge in [-0.05, 0) is 43.4 Å². The maximum absolute atomic E-state index is 13.2. The number of nitrogen functional groups attached to an aromatic ring is 1. The molecule has 3 heteroatoms. The third-order valence-electron chi connectivity index (χ3n) is 4.01. The fourth-order valence-electron chi connectivity index (χ4n) is 2.94. The van der Waals surface area contributed by atoms with E-state index in [1.165, 1.54) is 44.2 Å². The lowest BCUT2D eigenvalue weighted by Gasteiger charge is -2.31. The van der Waals surface area contributed by atoms with Crippen molar-refractivity contribution in [3.05, 3.63) is 24.0 Å². The SMILES string of the molecule is CCC(Nc1cc(F)ccc1N)C1CCCCC1. The molecule has 0 radical (unpaired) electrons. The molecule has 1 unspecified atom stereocenters. The van der Waals surface area contributed by atoms with Gasteiger partial charge in [0.2, 0.25) is 0 Å². The summed E-state index contributed by atoms with van der Waals surface area (Å²) >= 11 is 0. The van der Waals surface area contributed by atoms with E-state index in [-0.39, 0.29) is 5.82 Å². The Morgan fingerprint density at radius 1 is 1.33 bits per heavy atom. The van der Waals surface area contributed by atoms with Crippen molar-refractivity contribution in [1.82, 2.24) is 0 Å². The number of anilines is 2. The largest absolute Gasteiger partial charge is 0.397 e. The molecule has 18 heavy (non-hydrogen) atoms. The molecule has 2 rings (SSSR count). The first-order valence-corrected chi connectivity index (χ1v) is 7.02. The van der Waals surface area contributed by atoms with Crippen LogP contribution in [0.5, 0.6) is 0 Å². The number of halogens is 1. The van der Waals surface area contributed by atoms with E-state index in [9.17, 15) is 4.39 Å². The van der Waals surface area contributed by atoms with Gasteiger partial charge in [0.25, 0.3) is 0 Å². The van der Waals surface area contributed by atoms with Crippen molar-refractivity contribution in [3.8, 4) is 0 Å². The van der Waals surface area contributed by atoms with Crippen LogP contribution in [0.4, 0.5) is 15.8 Å². The van der Waals surface area contributed by atoms with Crippen LogP contribution in [0.2, 0.25) is 0 Å². The highest BCUT2D eigenvalue weighted by Crippen LogP contribution is 2.31. The highest BCUT2D eigenvalue weighted by atomic mass is 19.1. The fraction of sp³-hybridized carbons (Fsp3) is 0.600. The molecule has 0 heterocycles. The monoisotopic (exact) mass is 250 g/mol. The predicted molar refractivity (Wildman–Crippen MR) is 75.1 cm³/mol. The van der Waals surface area contributed by atoms with Crippen LogP contribution in [0.3, 0.4) is 0 Å². The lowest BCUT2D eigenvalue weighted by atomic mass is 9.83. The Kier molecular flexibility index (Phi) is 4.45. The topological polar surface area (TPSA) is 38.0 Å². The Hall–Kier alpha value is -1.25. The van der Waals surface area contributed by atoms with Gasteiger partial charge in [0.1, 0.15) is 5.82 Å². The molecular formula is C15H23FN2. The minimum atomic E-state index is -0.231. The number of hydrogen-bond acceptors (Lipinski definition) is 2. The zero-order chi connectivity index (χ0) is 13.0. The normalized spacial score (nSPS) is 18.6. The Labute approximate surface area is 109 Å². The number of nitrogens with two attached hydrogens (primary N) is 1. The van der Waals surface area contributed by atoms with Crippen molar-refractivity contribution < 1.29 is 4.39 Å². The summed E-state index contributed by atoms with van der Waals surface area (Å²) in [6, 6.07) is 4.95. The second-order valence-electron chi connectivity index (χ2n) is 5.29. The minimum Gasteiger partial charge on any atom is -0.397 e. The van der Waals surface area contributed by atoms with Crippen LogP contribution < -0.4 is 11.1 Å². The van der Waals surface area contributed by atoms with Gasteiger partial charge in [-0.25, -0.2) is 4.39 Å². The molecule has 0 saturated heterocycles. The lowest BCUT2D eigenvalue weighted by molar-refractivity contribution is 0.313. The van der Waals surface area contributed by atoms with Crippen LogP contribution in [0, 0.1) is 11.7 Å². The molecule has 1 aliphatic rings. The zero-order valence-corrected chi connectivity index (χ0v) is 11.1. The molecule has 1 aliphatic carbocycles. The van der Waals surface area contributed by atoms with Crippen molar-refractivity contribution in [2.24, 2.45) is 5.92 Å². The van der Waals surface area contributed by atoms with Gasteiger partial charge in [-0.1, -0.05) is 26.2 Å². The summed E-state index contributed by atoms with van der Waals surface area (Å²) in [7, 11) is 0. The van der Waals surface area contributed by atoms with E-state index in [0.29, 0.717) is 17.6 Å². The summed E-state index contributed by atoms with van der Waals surface area (Å²) in [4.78, 5) is 0. The highest BCUT2D eigenvalue weighted by Gasteiger charge is 2.22. The Bertz CT molecular complexity index is 386. The molecule has 2 nitrogen and oxygen atoms in total. The average Bonchev–Trinajstić information content (AvgIpc) is 2.41. The maximum atomic E-state index is 13.2. The summed E-state index contributed by atoms with van der Waals surface area (Å²) in [6.45, 7) is 2.18. The van der Waals surface area contributed by atoms with E-state index in [2.05, 4.69) is 12.2 Å². The highest BCUT2D eigenvalue weighted by molar-refractivity contribution is 5.66. The van der Waals surface area contributed by atoms with Gasteiger partial charge in [-0.15, -0.1) is 0 Å². The second-order valence-corrected chi connectivity index (χ2v) is 5.29. The summed E-state index contributed by atoms with van der Waals surface area (Å²) in [6.07, 6.45) is 7.61. The van der Waals surface area contributed by atoms with E-state index in [4.69, 9.17) is 5.73 Å². The average molecular weight is 250 g/mol. The van der Waals surface area contributed by atoms with Crippen LogP contribution in [0.25, 0.3) is 0 Å². The van der Waals surface area contributed by atoms with E-state index in [0.717, 1.165) is 12.1 Å². The maximum Gasteiger partial charge on any atom is 0.125 e. The Morgan fingerprint density at radius 3 is 2.72 bits per heavy atom. The predicted octanol–water partition coefficient (Wildman–Crippen LogP) is 4.18. The van der Waals surface area contributed by atoms with E-state index < -0.39 is 0 Å². The van der Waals surface area contributed by atoms with Crippen molar-refractivity contribution in [2.75, 3.05) is 11.1 Å². The standard InChI is InChI=1S/C15H23FN2/c1-2-14(11-6-4-3-5-7-11)18-15-10-12(16)8-9-13(15)17/h8-11,14,18H,2-7,17H2,1H3. The summed E-state index contributed by atoms with van der Waals surface area (Å²) in [5, 5.41) is 3.44. The van der Waals surface area contributed by atoms with Crippen molar-refractivity contribution in [2.45, 2.75) is 51.5 Å². The second kappa shape index (κ2) is 6.07. The number of benzene rings is 1. The van der Waals surface area contributed by atoms with Gasteiger partial charge in [0.15, 0.2) is 0 Å². The van der Waals surface area contributed by atoms with E-state index in [1.807, 2.05) is 0 Å². The van der Waals surface area contributed by atoms with Crippen LogP contribution in [-0.4, -0.2) is 6.04 Å². The minimum absolute atomic E-state index is 0.231. The lowest BCUT2D eigenvalue weighted by Crippen LogP contribution is -2.30. The van der Waals surface area contributed by atoms with Gasteiger partial charge in [-0.2, -0.15) is 0 Å². The van der Waals surface area contributed by atoms with E-state index >= 15 is 0 Å². The molecule has 100 valence electrons. The number of nitrogens with one attached hydrogen (secondary N) is 1. The Balaban J connectivity index is 2.06. The molecule has 1 saturated carbocycles. The smallest absolute Gasteiger partial charge is 0.125 e. The molecule has 0 aromatic heterocycles. The van der Waals surface area contributed by atoms with E-state index in [1.54, 1.807) is 6.07 Å². The van der Waals surface area contributed by atoms with Crippen molar-refractivity contribution in [3.63, 3.8) is 0 Å². The fourth-order valence-corrected chi connectivity index (χ4v) is 2.94. The molecule has 1 aromatic carbocycles. The van der Waals surface area contributed by atoms with Gasteiger partial charge in [0.05, 0.1) is 11.4 Å². The molecule has 1 atom stereocenters. The molecule has 0 spiro atoms. The molecule has 0 bridgehead atoms. The van der Waals surface area contributed by atoms with Crippen LogP contribution in [0.1, 0.15) is 45.4 Å². The number of rotatable bonds is 4. The van der Waals surface area contributed by atoms with Gasteiger partial charge in [0, 0.05) is 6.04 Å². The molecule has 1 aromatic rings. The van der Waals surface area contributed by atoms with Crippen molar-refractivity contribution >= 4 is 11.4 Å². The van der Waals surface area contributed by atoms with Crippen LogP contribution >= 0.6 is 0 Å². The molecule has 0 aliphatic heterocycles. The Morgan fingerprint density at radius 2 is 2.06 bits per heavy atom. The third kappa shape index (κ3) is 3.15. The first kappa shape index (κ1) is 13.2. The first-order chi connectivity index (χ1) is 8.70. The van der Waals surface area contributed by atoms with Gasteiger partial charge >= 0.3 is 0 Å². The number of hydrogen-bond donors (Lipinski definition) is 2.